The molecule has 0 heterocycles. The summed E-state index contributed by atoms with van der Waals surface area (Å²) < 4.78 is 0. The second kappa shape index (κ2) is 17.3. The van der Waals surface area contributed by atoms with Crippen molar-refractivity contribution in [2.75, 3.05) is 0 Å². The van der Waals surface area contributed by atoms with Crippen LogP contribution in [0.3, 0.4) is 0 Å². The molecule has 0 bridgehead atoms. The third-order valence-corrected chi connectivity index (χ3v) is 1.60. The molecule has 0 spiro atoms. The molecular formula is C15H29NO. The lowest BCUT2D eigenvalue weighted by molar-refractivity contribution is -0.118. The number of Topliss-reactive ketones (excluding diaryl/α,β-unsaturated/α-hetero) is 1. The van der Waals surface area contributed by atoms with Crippen molar-refractivity contribution < 1.29 is 4.79 Å². The van der Waals surface area contributed by atoms with Crippen LogP contribution in [-0.2, 0) is 4.79 Å². The smallest absolute Gasteiger partial charge is 0.150 e. The summed E-state index contributed by atoms with van der Waals surface area (Å²) in [5, 5.41) is 0. The number of hydrogen-bond donors (Lipinski definition) is 1. The maximum absolute atomic E-state index is 10.8. The highest BCUT2D eigenvalue weighted by molar-refractivity contribution is 5.82. The summed E-state index contributed by atoms with van der Waals surface area (Å²) in [5.74, 6) is -0.00352. The predicted octanol–water partition coefficient (Wildman–Crippen LogP) is 4.35. The summed E-state index contributed by atoms with van der Waals surface area (Å²) in [4.78, 5) is 10.8. The van der Waals surface area contributed by atoms with E-state index in [4.69, 9.17) is 5.73 Å². The highest BCUT2D eigenvalue weighted by atomic mass is 16.1. The van der Waals surface area contributed by atoms with Crippen molar-refractivity contribution in [3.63, 3.8) is 0 Å². The van der Waals surface area contributed by atoms with Gasteiger partial charge in [-0.1, -0.05) is 71.9 Å². The maximum atomic E-state index is 10.8. The normalized spacial score (nSPS) is 9.18. The molecule has 0 aliphatic carbocycles. The molecule has 0 saturated carbocycles. The summed E-state index contributed by atoms with van der Waals surface area (Å²) >= 11 is 0. The molecule has 0 saturated heterocycles. The monoisotopic (exact) mass is 239 g/mol. The van der Waals surface area contributed by atoms with E-state index in [1.807, 2.05) is 71.9 Å². The van der Waals surface area contributed by atoms with Crippen molar-refractivity contribution in [2.24, 2.45) is 5.73 Å². The first-order valence-electron chi connectivity index (χ1n) is 6.53. The Hall–Kier alpha value is -1.15. The van der Waals surface area contributed by atoms with Crippen LogP contribution in [0.1, 0.15) is 60.1 Å². The molecule has 100 valence electrons. The fourth-order valence-corrected chi connectivity index (χ4v) is 0.895. The first-order valence-corrected chi connectivity index (χ1v) is 6.53. The van der Waals surface area contributed by atoms with Crippen molar-refractivity contribution >= 4 is 5.78 Å². The van der Waals surface area contributed by atoms with Gasteiger partial charge < -0.3 is 5.73 Å². The average Bonchev–Trinajstić information content (AvgIpc) is 2.45. The molecule has 1 atom stereocenters. The molecule has 0 aliphatic heterocycles. The van der Waals surface area contributed by atoms with Crippen molar-refractivity contribution in [1.29, 1.82) is 0 Å². The van der Waals surface area contributed by atoms with Gasteiger partial charge in [0.2, 0.25) is 0 Å². The van der Waals surface area contributed by atoms with Gasteiger partial charge in [-0.25, -0.2) is 0 Å². The zero-order chi connectivity index (χ0) is 14.3. The van der Waals surface area contributed by atoms with Crippen LogP contribution in [0.25, 0.3) is 0 Å². The van der Waals surface area contributed by atoms with Gasteiger partial charge in [-0.3, -0.25) is 4.79 Å². The van der Waals surface area contributed by atoms with E-state index in [1.54, 1.807) is 0 Å². The van der Waals surface area contributed by atoms with Gasteiger partial charge in [0.25, 0.3) is 0 Å². The molecule has 1 rings (SSSR count). The minimum atomic E-state index is -0.462. The molecular weight excluding hydrogens is 210 g/mol. The maximum Gasteiger partial charge on any atom is 0.150 e. The summed E-state index contributed by atoms with van der Waals surface area (Å²) in [6, 6.07) is 8.89. The van der Waals surface area contributed by atoms with Crippen molar-refractivity contribution in [2.45, 2.75) is 54.5 Å². The van der Waals surface area contributed by atoms with Gasteiger partial charge in [-0.2, -0.15) is 0 Å². The van der Waals surface area contributed by atoms with Gasteiger partial charge in [-0.15, -0.1) is 0 Å². The van der Waals surface area contributed by atoms with E-state index in [-0.39, 0.29) is 5.78 Å². The molecule has 2 N–H and O–H groups in total. The van der Waals surface area contributed by atoms with Gasteiger partial charge in [0, 0.05) is 0 Å². The number of nitrogens with two attached hydrogens (primary N) is 1. The molecule has 2 heteroatoms. The second-order valence-electron chi connectivity index (χ2n) is 2.50. The zero-order valence-corrected chi connectivity index (χ0v) is 12.4. The molecule has 1 aromatic rings. The molecule has 2 nitrogen and oxygen atoms in total. The van der Waals surface area contributed by atoms with Crippen molar-refractivity contribution in [3.8, 4) is 0 Å². The van der Waals surface area contributed by atoms with E-state index in [9.17, 15) is 4.79 Å². The minimum Gasteiger partial charge on any atom is -0.318 e. The second-order valence-corrected chi connectivity index (χ2v) is 2.50. The fourth-order valence-electron chi connectivity index (χ4n) is 0.895. The van der Waals surface area contributed by atoms with E-state index in [0.717, 1.165) is 5.56 Å². The van der Waals surface area contributed by atoms with E-state index in [0.29, 0.717) is 0 Å². The standard InChI is InChI=1S/C9H11NO.3C2H6/c1-7(11)9(10)8-5-3-2-4-6-8;3*1-2/h2-6,9H,10H2,1H3;3*1-2H3. The number of carbonyl (C=O) groups excluding carboxylic acids is 1. The van der Waals surface area contributed by atoms with Gasteiger partial charge in [0.05, 0.1) is 6.04 Å². The summed E-state index contributed by atoms with van der Waals surface area (Å²) in [6.45, 7) is 13.5. The number of carbonyl (C=O) groups is 1. The molecule has 0 radical (unpaired) electrons. The van der Waals surface area contributed by atoms with Crippen LogP contribution >= 0.6 is 0 Å². The summed E-state index contributed by atoms with van der Waals surface area (Å²) in [5.41, 5.74) is 6.46. The van der Waals surface area contributed by atoms with Crippen LogP contribution in [0.2, 0.25) is 0 Å². The lowest BCUT2D eigenvalue weighted by Gasteiger charge is -2.06. The highest BCUT2D eigenvalue weighted by Gasteiger charge is 2.08. The highest BCUT2D eigenvalue weighted by Crippen LogP contribution is 2.09. The predicted molar refractivity (Wildman–Crippen MR) is 78.1 cm³/mol. The Balaban J connectivity index is -0.000000285. The van der Waals surface area contributed by atoms with Crippen molar-refractivity contribution in [1.82, 2.24) is 0 Å². The number of benzene rings is 1. The summed E-state index contributed by atoms with van der Waals surface area (Å²) in [6.07, 6.45) is 0. The minimum absolute atomic E-state index is 0.00352. The van der Waals surface area contributed by atoms with Crippen LogP contribution in [0.15, 0.2) is 30.3 Å². The lowest BCUT2D eigenvalue weighted by Crippen LogP contribution is -2.18. The molecule has 0 aliphatic rings. The van der Waals surface area contributed by atoms with Crippen LogP contribution in [0, 0.1) is 0 Å². The average molecular weight is 239 g/mol. The van der Waals surface area contributed by atoms with E-state index in [1.165, 1.54) is 6.92 Å². The Labute approximate surface area is 107 Å². The fraction of sp³-hybridized carbons (Fsp3) is 0.533. The number of ketones is 1. The van der Waals surface area contributed by atoms with Crippen LogP contribution in [-0.4, -0.2) is 5.78 Å². The van der Waals surface area contributed by atoms with Crippen LogP contribution in [0.5, 0.6) is 0 Å². The Morgan fingerprint density at radius 1 is 0.941 bits per heavy atom. The third-order valence-electron chi connectivity index (χ3n) is 1.60. The van der Waals surface area contributed by atoms with Gasteiger partial charge >= 0.3 is 0 Å². The largest absolute Gasteiger partial charge is 0.318 e. The van der Waals surface area contributed by atoms with Crippen molar-refractivity contribution in [3.05, 3.63) is 35.9 Å². The SMILES string of the molecule is CC.CC.CC.CC(=O)C(N)c1ccccc1. The van der Waals surface area contributed by atoms with Crippen LogP contribution in [0.4, 0.5) is 0 Å². The lowest BCUT2D eigenvalue weighted by atomic mass is 10.1. The topological polar surface area (TPSA) is 43.1 Å². The molecule has 0 fully saturated rings. The van der Waals surface area contributed by atoms with Crippen LogP contribution < -0.4 is 5.73 Å². The molecule has 1 aromatic carbocycles. The first kappa shape index (κ1) is 21.2. The Kier molecular flexibility index (Phi) is 21.5. The summed E-state index contributed by atoms with van der Waals surface area (Å²) in [7, 11) is 0. The number of rotatable bonds is 2. The molecule has 0 aromatic heterocycles. The van der Waals surface area contributed by atoms with Gasteiger partial charge in [0.15, 0.2) is 5.78 Å². The number of hydrogen-bond acceptors (Lipinski definition) is 2. The van der Waals surface area contributed by atoms with Gasteiger partial charge in [0.1, 0.15) is 0 Å². The Morgan fingerprint density at radius 2 is 1.29 bits per heavy atom. The zero-order valence-electron chi connectivity index (χ0n) is 12.4. The third kappa shape index (κ3) is 11.1. The molecule has 0 amide bonds. The quantitative estimate of drug-likeness (QED) is 0.833. The van der Waals surface area contributed by atoms with E-state index < -0.39 is 6.04 Å². The van der Waals surface area contributed by atoms with Gasteiger partial charge in [-0.05, 0) is 12.5 Å². The Bertz CT molecular complexity index is 244. The first-order chi connectivity index (χ1) is 8.22. The molecule has 17 heavy (non-hydrogen) atoms. The Morgan fingerprint density at radius 3 is 1.59 bits per heavy atom. The van der Waals surface area contributed by atoms with E-state index in [2.05, 4.69) is 0 Å². The molecule has 1 unspecified atom stereocenters. The van der Waals surface area contributed by atoms with E-state index >= 15 is 0 Å².